The van der Waals surface area contributed by atoms with Crippen molar-refractivity contribution in [1.82, 2.24) is 0 Å². The Balaban J connectivity index is 0.000000321. The Hall–Kier alpha value is -1.44. The number of ether oxygens (including phenoxy) is 1. The highest BCUT2D eigenvalue weighted by Crippen LogP contribution is 2.29. The summed E-state index contributed by atoms with van der Waals surface area (Å²) in [6, 6.07) is 17.0. The van der Waals surface area contributed by atoms with Crippen molar-refractivity contribution < 1.29 is 35.4 Å². The van der Waals surface area contributed by atoms with Gasteiger partial charge in [0.05, 0.1) is 12.7 Å². The summed E-state index contributed by atoms with van der Waals surface area (Å²) in [5.41, 5.74) is -3.06. The molecule has 1 heterocycles. The fraction of sp³-hybridized carbons (Fsp3) is 0.278. The van der Waals surface area contributed by atoms with Gasteiger partial charge in [-0.05, 0) is 30.3 Å². The number of hydrogen-bond acceptors (Lipinski definition) is 5. The predicted molar refractivity (Wildman–Crippen MR) is 113 cm³/mol. The number of methoxy groups -OCH3 is 1. The number of benzene rings is 2. The fourth-order valence-electron chi connectivity index (χ4n) is 2.42. The van der Waals surface area contributed by atoms with E-state index in [1.165, 1.54) is 31.6 Å². The van der Waals surface area contributed by atoms with Crippen LogP contribution in [0.4, 0.5) is 13.2 Å². The first-order valence-electron chi connectivity index (χ1n) is 8.22. The standard InChI is InChI=1S/C17H17INOS.CHF3O3S/c1-20-14-9-7-13(8-10-14)17-19(12-4-11-18)15-5-2-3-6-16(15)21-17;2-1(3,4)8(5,6)7/h2-3,5-10H,4,11-12H2,1H3;(H,5,6,7)/q+1;/p-1. The van der Waals surface area contributed by atoms with E-state index in [9.17, 15) is 13.2 Å². The number of halogens is 4. The second-order valence-corrected chi connectivity index (χ2v) is 9.18. The number of thiazole rings is 1. The maximum atomic E-state index is 10.7. The summed E-state index contributed by atoms with van der Waals surface area (Å²) in [4.78, 5) is 0. The summed E-state index contributed by atoms with van der Waals surface area (Å²) in [5, 5.41) is 1.32. The quantitative estimate of drug-likeness (QED) is 0.149. The fourth-order valence-corrected chi connectivity index (χ4v) is 3.96. The molecule has 0 aliphatic heterocycles. The van der Waals surface area contributed by atoms with Crippen LogP contribution in [0.15, 0.2) is 48.5 Å². The maximum absolute atomic E-state index is 10.7. The van der Waals surface area contributed by atoms with Crippen molar-refractivity contribution in [2.75, 3.05) is 11.5 Å². The number of aromatic nitrogens is 1. The lowest BCUT2D eigenvalue weighted by molar-refractivity contribution is -0.656. The Morgan fingerprint density at radius 3 is 2.24 bits per heavy atom. The molecular weight excluding hydrogens is 542 g/mol. The van der Waals surface area contributed by atoms with Crippen molar-refractivity contribution in [3.8, 4) is 16.3 Å². The Morgan fingerprint density at radius 1 is 1.14 bits per heavy atom. The summed E-state index contributed by atoms with van der Waals surface area (Å²) in [7, 11) is -4.39. The van der Waals surface area contributed by atoms with Crippen LogP contribution in [0, 0.1) is 0 Å². The third kappa shape index (κ3) is 6.27. The van der Waals surface area contributed by atoms with Crippen LogP contribution in [0.2, 0.25) is 0 Å². The Bertz CT molecular complexity index is 1050. The maximum Gasteiger partial charge on any atom is 0.485 e. The van der Waals surface area contributed by atoms with E-state index in [2.05, 4.69) is 63.6 Å². The van der Waals surface area contributed by atoms with Gasteiger partial charge in [-0.2, -0.15) is 17.7 Å². The van der Waals surface area contributed by atoms with Crippen molar-refractivity contribution in [2.45, 2.75) is 18.5 Å². The van der Waals surface area contributed by atoms with Crippen LogP contribution in [-0.2, 0) is 16.7 Å². The van der Waals surface area contributed by atoms with Gasteiger partial charge in [0.2, 0.25) is 5.52 Å². The van der Waals surface area contributed by atoms with Gasteiger partial charge in [0.25, 0.3) is 5.01 Å². The first-order chi connectivity index (χ1) is 13.6. The highest BCUT2D eigenvalue weighted by Gasteiger charge is 2.36. The van der Waals surface area contributed by atoms with Crippen molar-refractivity contribution in [3.05, 3.63) is 48.5 Å². The molecule has 0 bridgehead atoms. The van der Waals surface area contributed by atoms with Crippen LogP contribution in [-0.4, -0.2) is 30.0 Å². The Morgan fingerprint density at radius 2 is 1.72 bits per heavy atom. The second kappa shape index (κ2) is 10.0. The van der Waals surface area contributed by atoms with Crippen molar-refractivity contribution in [1.29, 1.82) is 0 Å². The van der Waals surface area contributed by atoms with E-state index in [1.807, 2.05) is 23.5 Å². The molecule has 29 heavy (non-hydrogen) atoms. The number of rotatable bonds is 5. The number of alkyl halides is 4. The minimum absolute atomic E-state index is 0.902. The molecule has 11 heteroatoms. The predicted octanol–water partition coefficient (Wildman–Crippen LogP) is 4.74. The average Bonchev–Trinajstić information content (AvgIpc) is 3.04. The van der Waals surface area contributed by atoms with Gasteiger partial charge in [-0.25, -0.2) is 8.42 Å². The van der Waals surface area contributed by atoms with Gasteiger partial charge in [0.15, 0.2) is 16.7 Å². The lowest BCUT2D eigenvalue weighted by atomic mass is 10.2. The van der Waals surface area contributed by atoms with Crippen LogP contribution >= 0.6 is 33.9 Å². The SMILES string of the molecule is COc1ccc(-c2sc3ccccc3[n+]2CCCI)cc1.O=S(=O)([O-])C(F)(F)F. The Labute approximate surface area is 184 Å². The lowest BCUT2D eigenvalue weighted by Gasteiger charge is -2.08. The molecule has 0 spiro atoms. The minimum atomic E-state index is -6.09. The molecule has 0 N–H and O–H groups in total. The van der Waals surface area contributed by atoms with E-state index in [1.54, 1.807) is 7.11 Å². The summed E-state index contributed by atoms with van der Waals surface area (Å²) < 4.78 is 69.1. The molecule has 1 aromatic heterocycles. The van der Waals surface area contributed by atoms with Gasteiger partial charge in [0.1, 0.15) is 10.4 Å². The molecule has 3 rings (SSSR count). The summed E-state index contributed by atoms with van der Waals surface area (Å²) in [5.74, 6) is 0.902. The highest BCUT2D eigenvalue weighted by molar-refractivity contribution is 14.1. The van der Waals surface area contributed by atoms with Crippen LogP contribution in [0.25, 0.3) is 20.8 Å². The second-order valence-electron chi connectivity index (χ2n) is 5.70. The van der Waals surface area contributed by atoms with E-state index < -0.39 is 15.6 Å². The Kier molecular flexibility index (Phi) is 8.26. The monoisotopic (exact) mass is 559 g/mol. The van der Waals surface area contributed by atoms with Gasteiger partial charge >= 0.3 is 5.51 Å². The first-order valence-corrected chi connectivity index (χ1v) is 12.0. The van der Waals surface area contributed by atoms with E-state index in [0.29, 0.717) is 0 Å². The zero-order valence-electron chi connectivity index (χ0n) is 15.1. The molecule has 3 aromatic rings. The van der Waals surface area contributed by atoms with Crippen LogP contribution < -0.4 is 9.30 Å². The molecule has 0 unspecified atom stereocenters. The number of nitrogens with zero attached hydrogens (tertiary/aromatic N) is 1. The zero-order valence-corrected chi connectivity index (χ0v) is 18.9. The first kappa shape index (κ1) is 23.8. The number of fused-ring (bicyclic) bond motifs is 1. The largest absolute Gasteiger partial charge is 0.741 e. The highest BCUT2D eigenvalue weighted by atomic mass is 127. The molecule has 0 aliphatic rings. The van der Waals surface area contributed by atoms with E-state index in [-0.39, 0.29) is 0 Å². The summed E-state index contributed by atoms with van der Waals surface area (Å²) in [6.45, 7) is 1.06. The van der Waals surface area contributed by atoms with Crippen molar-refractivity contribution in [2.24, 2.45) is 0 Å². The normalized spacial score (nSPS) is 11.8. The average molecular weight is 559 g/mol. The molecule has 0 saturated carbocycles. The molecule has 158 valence electrons. The smallest absolute Gasteiger partial charge is 0.485 e. The zero-order chi connectivity index (χ0) is 21.7. The molecule has 0 aliphatic carbocycles. The van der Waals surface area contributed by atoms with Crippen molar-refractivity contribution in [3.63, 3.8) is 0 Å². The topological polar surface area (TPSA) is 70.3 Å². The van der Waals surface area contributed by atoms with Crippen LogP contribution in [0.3, 0.4) is 0 Å². The number of hydrogen-bond donors (Lipinski definition) is 0. The van der Waals surface area contributed by atoms with Gasteiger partial charge in [-0.1, -0.05) is 46.1 Å². The summed E-state index contributed by atoms with van der Waals surface area (Å²) >= 11 is 4.31. The summed E-state index contributed by atoms with van der Waals surface area (Å²) in [6.07, 6.45) is 1.19. The molecule has 0 fully saturated rings. The third-order valence-corrected chi connectivity index (χ3v) is 6.29. The van der Waals surface area contributed by atoms with E-state index >= 15 is 0 Å². The number of para-hydroxylation sites is 1. The molecule has 0 saturated heterocycles. The number of aryl methyl sites for hydroxylation is 1. The van der Waals surface area contributed by atoms with Crippen LogP contribution in [0.5, 0.6) is 5.75 Å². The molecular formula is C18H17F3INO4S2. The molecule has 2 aromatic carbocycles. The molecule has 0 atom stereocenters. The minimum Gasteiger partial charge on any atom is -0.741 e. The van der Waals surface area contributed by atoms with Gasteiger partial charge in [-0.3, -0.25) is 0 Å². The molecule has 5 nitrogen and oxygen atoms in total. The van der Waals surface area contributed by atoms with Gasteiger partial charge < -0.3 is 9.29 Å². The van der Waals surface area contributed by atoms with Gasteiger partial charge in [0, 0.05) is 16.9 Å². The lowest BCUT2D eigenvalue weighted by Crippen LogP contribution is -2.34. The van der Waals surface area contributed by atoms with Gasteiger partial charge in [-0.15, -0.1) is 0 Å². The molecule has 0 radical (unpaired) electrons. The van der Waals surface area contributed by atoms with E-state index in [0.717, 1.165) is 12.3 Å². The van der Waals surface area contributed by atoms with E-state index in [4.69, 9.17) is 17.7 Å². The molecule has 0 amide bonds. The van der Waals surface area contributed by atoms with Crippen LogP contribution in [0.1, 0.15) is 6.42 Å². The van der Waals surface area contributed by atoms with Crippen molar-refractivity contribution >= 4 is 54.3 Å². The third-order valence-electron chi connectivity index (χ3n) is 3.74.